The smallest absolute Gasteiger partial charge is 0.340 e. The first-order chi connectivity index (χ1) is 12.8. The molecule has 0 fully saturated rings. The first kappa shape index (κ1) is 19.1. The zero-order chi connectivity index (χ0) is 19.6. The molecule has 0 bridgehead atoms. The fraction of sp³-hybridized carbons (Fsp3) is 0.167. The van der Waals surface area contributed by atoms with Gasteiger partial charge in [0, 0.05) is 11.8 Å². The summed E-state index contributed by atoms with van der Waals surface area (Å²) >= 11 is 5.98. The van der Waals surface area contributed by atoms with Crippen molar-refractivity contribution in [2.24, 2.45) is 0 Å². The monoisotopic (exact) mass is 406 g/mol. The van der Waals surface area contributed by atoms with E-state index in [2.05, 4.69) is 10.1 Å². The summed E-state index contributed by atoms with van der Waals surface area (Å²) in [6.45, 7) is 1.65. The van der Waals surface area contributed by atoms with Crippen LogP contribution >= 0.6 is 11.6 Å². The standard InChI is InChI=1S/C18H15ClN2O5S/c1-11-5-3-4-6-13(11)17-20-16(26-21-17)10-25-18(22)14-9-12(27(2,23)24)7-8-15(14)19/h3-9H,10H2,1-2H3. The van der Waals surface area contributed by atoms with Crippen LogP contribution in [0.2, 0.25) is 5.02 Å². The number of ether oxygens (including phenoxy) is 1. The summed E-state index contributed by atoms with van der Waals surface area (Å²) in [5.74, 6) is -0.297. The molecule has 0 aliphatic rings. The highest BCUT2D eigenvalue weighted by atomic mass is 35.5. The van der Waals surface area contributed by atoms with Crippen LogP contribution in [0.4, 0.5) is 0 Å². The number of hydrogen-bond acceptors (Lipinski definition) is 7. The Kier molecular flexibility index (Phi) is 5.29. The lowest BCUT2D eigenvalue weighted by atomic mass is 10.1. The number of carbonyl (C=O) groups is 1. The third-order valence-corrected chi connectivity index (χ3v) is 5.21. The van der Waals surface area contributed by atoms with E-state index in [9.17, 15) is 13.2 Å². The van der Waals surface area contributed by atoms with Gasteiger partial charge in [0.1, 0.15) is 0 Å². The number of hydrogen-bond donors (Lipinski definition) is 0. The summed E-state index contributed by atoms with van der Waals surface area (Å²) in [7, 11) is -3.48. The number of esters is 1. The molecule has 7 nitrogen and oxygen atoms in total. The predicted molar refractivity (Wildman–Crippen MR) is 98.2 cm³/mol. The number of nitrogens with zero attached hydrogens (tertiary/aromatic N) is 2. The number of halogens is 1. The third-order valence-electron chi connectivity index (χ3n) is 3.77. The summed E-state index contributed by atoms with van der Waals surface area (Å²) in [6.07, 6.45) is 1.04. The summed E-state index contributed by atoms with van der Waals surface area (Å²) in [4.78, 5) is 16.4. The number of aromatic nitrogens is 2. The third kappa shape index (κ3) is 4.35. The highest BCUT2D eigenvalue weighted by Crippen LogP contribution is 2.23. The van der Waals surface area contributed by atoms with Gasteiger partial charge < -0.3 is 9.26 Å². The quantitative estimate of drug-likeness (QED) is 0.598. The van der Waals surface area contributed by atoms with Crippen LogP contribution in [-0.4, -0.2) is 30.8 Å². The highest BCUT2D eigenvalue weighted by Gasteiger charge is 2.18. The molecule has 0 N–H and O–H groups in total. The molecule has 0 radical (unpaired) electrons. The molecule has 3 rings (SSSR count). The number of rotatable bonds is 5. The second kappa shape index (κ2) is 7.50. The zero-order valence-electron chi connectivity index (χ0n) is 14.5. The molecule has 0 spiro atoms. The topological polar surface area (TPSA) is 99.4 Å². The molecule has 1 heterocycles. The van der Waals surface area contributed by atoms with Gasteiger partial charge in [0.25, 0.3) is 5.89 Å². The van der Waals surface area contributed by atoms with E-state index in [1.54, 1.807) is 0 Å². The van der Waals surface area contributed by atoms with Crippen molar-refractivity contribution in [2.75, 3.05) is 6.26 Å². The summed E-state index contributed by atoms with van der Waals surface area (Å²) < 4.78 is 33.5. The Bertz CT molecular complexity index is 1110. The largest absolute Gasteiger partial charge is 0.452 e. The van der Waals surface area contributed by atoms with Crippen molar-refractivity contribution in [1.29, 1.82) is 0 Å². The Labute approximate surface area is 160 Å². The fourth-order valence-corrected chi connectivity index (χ4v) is 3.19. The maximum Gasteiger partial charge on any atom is 0.340 e. The predicted octanol–water partition coefficient (Wildman–Crippen LogP) is 3.46. The average molecular weight is 407 g/mol. The SMILES string of the molecule is Cc1ccccc1-c1noc(COC(=O)c2cc(S(C)(=O)=O)ccc2Cl)n1. The van der Waals surface area contributed by atoms with E-state index in [1.807, 2.05) is 31.2 Å². The summed E-state index contributed by atoms with van der Waals surface area (Å²) in [5, 5.41) is 3.96. The van der Waals surface area contributed by atoms with Gasteiger partial charge >= 0.3 is 5.97 Å². The fourth-order valence-electron chi connectivity index (χ4n) is 2.34. The molecule has 2 aromatic carbocycles. The molecule has 1 aromatic heterocycles. The van der Waals surface area contributed by atoms with E-state index < -0.39 is 15.8 Å². The van der Waals surface area contributed by atoms with E-state index in [0.717, 1.165) is 17.4 Å². The highest BCUT2D eigenvalue weighted by molar-refractivity contribution is 7.90. The van der Waals surface area contributed by atoms with Gasteiger partial charge in [0.2, 0.25) is 5.82 Å². The lowest BCUT2D eigenvalue weighted by Crippen LogP contribution is -2.08. The van der Waals surface area contributed by atoms with Crippen molar-refractivity contribution in [3.05, 3.63) is 64.5 Å². The van der Waals surface area contributed by atoms with E-state index in [1.165, 1.54) is 18.2 Å². The van der Waals surface area contributed by atoms with Gasteiger partial charge in [-0.3, -0.25) is 0 Å². The molecular formula is C18H15ClN2O5S. The molecule has 0 saturated carbocycles. The van der Waals surface area contributed by atoms with E-state index >= 15 is 0 Å². The molecule has 27 heavy (non-hydrogen) atoms. The number of aryl methyl sites for hydroxylation is 1. The van der Waals surface area contributed by atoms with Crippen molar-refractivity contribution < 1.29 is 22.5 Å². The molecule has 0 unspecified atom stereocenters. The van der Waals surface area contributed by atoms with Crippen LogP contribution in [-0.2, 0) is 21.2 Å². The molecule has 0 aliphatic heterocycles. The first-order valence-electron chi connectivity index (χ1n) is 7.81. The van der Waals surface area contributed by atoms with Crippen LogP contribution in [0.5, 0.6) is 0 Å². The number of benzene rings is 2. The minimum atomic E-state index is -3.48. The van der Waals surface area contributed by atoms with Crippen molar-refractivity contribution in [1.82, 2.24) is 10.1 Å². The van der Waals surface area contributed by atoms with Crippen LogP contribution in [0.25, 0.3) is 11.4 Å². The Morgan fingerprint density at radius 3 is 2.67 bits per heavy atom. The van der Waals surface area contributed by atoms with Crippen LogP contribution in [0.3, 0.4) is 0 Å². The van der Waals surface area contributed by atoms with Gasteiger partial charge in [-0.05, 0) is 30.7 Å². The number of sulfone groups is 1. The Morgan fingerprint density at radius 2 is 1.96 bits per heavy atom. The normalized spacial score (nSPS) is 11.4. The van der Waals surface area contributed by atoms with Gasteiger partial charge in [0.15, 0.2) is 16.4 Å². The average Bonchev–Trinajstić information content (AvgIpc) is 3.08. The first-order valence-corrected chi connectivity index (χ1v) is 10.1. The Hall–Kier alpha value is -2.71. The lowest BCUT2D eigenvalue weighted by Gasteiger charge is -2.06. The summed E-state index contributed by atoms with van der Waals surface area (Å²) in [6, 6.07) is 11.4. The molecular weight excluding hydrogens is 392 g/mol. The second-order valence-corrected chi connectivity index (χ2v) is 8.24. The zero-order valence-corrected chi connectivity index (χ0v) is 16.0. The van der Waals surface area contributed by atoms with E-state index in [-0.39, 0.29) is 28.0 Å². The van der Waals surface area contributed by atoms with Gasteiger partial charge in [-0.25, -0.2) is 13.2 Å². The molecule has 0 atom stereocenters. The molecule has 140 valence electrons. The van der Waals surface area contributed by atoms with Crippen LogP contribution in [0.1, 0.15) is 21.8 Å². The van der Waals surface area contributed by atoms with Crippen molar-refractivity contribution in [3.8, 4) is 11.4 Å². The van der Waals surface area contributed by atoms with Gasteiger partial charge in [-0.1, -0.05) is 41.0 Å². The van der Waals surface area contributed by atoms with Gasteiger partial charge in [-0.2, -0.15) is 4.98 Å². The maximum absolute atomic E-state index is 12.3. The molecule has 0 saturated heterocycles. The van der Waals surface area contributed by atoms with Crippen LogP contribution in [0, 0.1) is 6.92 Å². The summed E-state index contributed by atoms with van der Waals surface area (Å²) in [5.41, 5.74) is 1.73. The number of carbonyl (C=O) groups excluding carboxylic acids is 1. The van der Waals surface area contributed by atoms with E-state index in [0.29, 0.717) is 5.82 Å². The molecule has 0 aliphatic carbocycles. The van der Waals surface area contributed by atoms with Crippen LogP contribution in [0.15, 0.2) is 51.9 Å². The molecule has 3 aromatic rings. The minimum Gasteiger partial charge on any atom is -0.452 e. The van der Waals surface area contributed by atoms with Gasteiger partial charge in [0.05, 0.1) is 15.5 Å². The Balaban J connectivity index is 1.75. The van der Waals surface area contributed by atoms with Crippen LogP contribution < -0.4 is 0 Å². The minimum absolute atomic E-state index is 0.0292. The second-order valence-electron chi connectivity index (χ2n) is 5.82. The van der Waals surface area contributed by atoms with Crippen molar-refractivity contribution in [2.45, 2.75) is 18.4 Å². The van der Waals surface area contributed by atoms with Gasteiger partial charge in [-0.15, -0.1) is 0 Å². The maximum atomic E-state index is 12.3. The Morgan fingerprint density at radius 1 is 1.22 bits per heavy atom. The van der Waals surface area contributed by atoms with Crippen molar-refractivity contribution in [3.63, 3.8) is 0 Å². The molecule has 9 heteroatoms. The van der Waals surface area contributed by atoms with E-state index in [4.69, 9.17) is 20.9 Å². The van der Waals surface area contributed by atoms with Crippen molar-refractivity contribution >= 4 is 27.4 Å². The lowest BCUT2D eigenvalue weighted by molar-refractivity contribution is 0.0429. The molecule has 0 amide bonds.